The standard InChI is InChI=1S/C16H23N3O/c20-14-9-16(4-6-17-7-5-16)8-13-11-19(18-15(13)14)10-12-2-1-3-12/h11-12,17H,1-10H2. The number of aromatic nitrogens is 2. The van der Waals surface area contributed by atoms with E-state index in [0.717, 1.165) is 50.5 Å². The Morgan fingerprint density at radius 1 is 1.30 bits per heavy atom. The topological polar surface area (TPSA) is 46.9 Å². The number of hydrogen-bond acceptors (Lipinski definition) is 3. The fourth-order valence-electron chi connectivity index (χ4n) is 4.06. The molecule has 4 nitrogen and oxygen atoms in total. The van der Waals surface area contributed by atoms with Gasteiger partial charge in [0, 0.05) is 24.7 Å². The first kappa shape index (κ1) is 12.6. The van der Waals surface area contributed by atoms with Gasteiger partial charge in [0.05, 0.1) is 0 Å². The average Bonchev–Trinajstić information content (AvgIpc) is 2.78. The Hall–Kier alpha value is -1.16. The van der Waals surface area contributed by atoms with E-state index in [4.69, 9.17) is 0 Å². The Bertz CT molecular complexity index is 524. The highest BCUT2D eigenvalue weighted by Crippen LogP contribution is 2.42. The van der Waals surface area contributed by atoms with Crippen LogP contribution >= 0.6 is 0 Å². The van der Waals surface area contributed by atoms with Gasteiger partial charge in [0.15, 0.2) is 5.78 Å². The van der Waals surface area contributed by atoms with Crippen molar-refractivity contribution in [1.82, 2.24) is 15.1 Å². The monoisotopic (exact) mass is 273 g/mol. The second-order valence-electron chi connectivity index (χ2n) is 7.05. The summed E-state index contributed by atoms with van der Waals surface area (Å²) in [6.45, 7) is 3.12. The van der Waals surface area contributed by atoms with Crippen LogP contribution in [0.4, 0.5) is 0 Å². The van der Waals surface area contributed by atoms with E-state index in [9.17, 15) is 4.79 Å². The lowest BCUT2D eigenvalue weighted by Crippen LogP contribution is -2.41. The molecule has 108 valence electrons. The van der Waals surface area contributed by atoms with Crippen molar-refractivity contribution in [2.75, 3.05) is 13.1 Å². The van der Waals surface area contributed by atoms with Crippen molar-refractivity contribution in [3.05, 3.63) is 17.5 Å². The minimum absolute atomic E-state index is 0.222. The van der Waals surface area contributed by atoms with Crippen LogP contribution in [-0.2, 0) is 13.0 Å². The number of nitrogens with one attached hydrogen (secondary N) is 1. The van der Waals surface area contributed by atoms with Crippen molar-refractivity contribution in [3.63, 3.8) is 0 Å². The number of carbonyl (C=O) groups excluding carboxylic acids is 1. The molecule has 1 aromatic heterocycles. The SMILES string of the molecule is O=C1CC2(CCNCC2)Cc2cn(CC3CCC3)nc21. The van der Waals surface area contributed by atoms with Crippen LogP contribution in [0.3, 0.4) is 0 Å². The van der Waals surface area contributed by atoms with Crippen LogP contribution in [0.1, 0.15) is 54.6 Å². The highest BCUT2D eigenvalue weighted by Gasteiger charge is 2.40. The lowest BCUT2D eigenvalue weighted by atomic mass is 9.67. The van der Waals surface area contributed by atoms with Gasteiger partial charge in [-0.3, -0.25) is 9.48 Å². The van der Waals surface area contributed by atoms with Crippen molar-refractivity contribution in [2.24, 2.45) is 11.3 Å². The number of nitrogens with zero attached hydrogens (tertiary/aromatic N) is 2. The Kier molecular flexibility index (Phi) is 2.95. The molecule has 1 N–H and O–H groups in total. The molecule has 0 unspecified atom stereocenters. The predicted molar refractivity (Wildman–Crippen MR) is 76.8 cm³/mol. The maximum Gasteiger partial charge on any atom is 0.183 e. The molecule has 0 bridgehead atoms. The normalized spacial score (nSPS) is 25.5. The number of rotatable bonds is 2. The molecule has 4 heteroatoms. The Morgan fingerprint density at radius 2 is 2.10 bits per heavy atom. The lowest BCUT2D eigenvalue weighted by Gasteiger charge is -2.39. The second kappa shape index (κ2) is 4.69. The van der Waals surface area contributed by atoms with Crippen LogP contribution in [0.5, 0.6) is 0 Å². The Labute approximate surface area is 119 Å². The van der Waals surface area contributed by atoms with Gasteiger partial charge in [-0.2, -0.15) is 5.10 Å². The van der Waals surface area contributed by atoms with E-state index in [1.807, 2.05) is 4.68 Å². The van der Waals surface area contributed by atoms with Gasteiger partial charge in [-0.1, -0.05) is 6.42 Å². The minimum atomic E-state index is 0.222. The molecule has 2 fully saturated rings. The number of ketones is 1. The molecule has 0 aromatic carbocycles. The fourth-order valence-corrected chi connectivity index (χ4v) is 4.06. The number of fused-ring (bicyclic) bond motifs is 1. The number of hydrogen-bond donors (Lipinski definition) is 1. The average molecular weight is 273 g/mol. The summed E-state index contributed by atoms with van der Waals surface area (Å²) in [6, 6.07) is 0. The summed E-state index contributed by atoms with van der Waals surface area (Å²) in [7, 11) is 0. The predicted octanol–water partition coefficient (Wildman–Crippen LogP) is 2.18. The maximum absolute atomic E-state index is 12.4. The van der Waals surface area contributed by atoms with Gasteiger partial charge in [-0.15, -0.1) is 0 Å². The van der Waals surface area contributed by atoms with Crippen LogP contribution in [0.2, 0.25) is 0 Å². The van der Waals surface area contributed by atoms with Gasteiger partial charge < -0.3 is 5.32 Å². The first-order valence-corrected chi connectivity index (χ1v) is 8.04. The molecule has 3 aliphatic rings. The largest absolute Gasteiger partial charge is 0.317 e. The summed E-state index contributed by atoms with van der Waals surface area (Å²) in [5.74, 6) is 1.07. The molecule has 1 saturated carbocycles. The summed E-state index contributed by atoms with van der Waals surface area (Å²) in [4.78, 5) is 12.4. The summed E-state index contributed by atoms with van der Waals surface area (Å²) in [6.07, 6.45) is 10.2. The van der Waals surface area contributed by atoms with Crippen LogP contribution < -0.4 is 5.32 Å². The molecule has 1 saturated heterocycles. The zero-order chi connectivity index (χ0) is 13.6. The molecular formula is C16H23N3O. The third-order valence-electron chi connectivity index (χ3n) is 5.54. The van der Waals surface area contributed by atoms with E-state index in [-0.39, 0.29) is 11.2 Å². The van der Waals surface area contributed by atoms with Crippen molar-refractivity contribution in [3.8, 4) is 0 Å². The molecule has 4 rings (SSSR count). The van der Waals surface area contributed by atoms with Crippen molar-refractivity contribution < 1.29 is 4.79 Å². The molecule has 0 atom stereocenters. The van der Waals surface area contributed by atoms with E-state index in [1.54, 1.807) is 0 Å². The highest BCUT2D eigenvalue weighted by molar-refractivity contribution is 5.97. The molecule has 0 amide bonds. The number of carbonyl (C=O) groups is 1. The zero-order valence-electron chi connectivity index (χ0n) is 12.0. The Balaban J connectivity index is 1.57. The van der Waals surface area contributed by atoms with Crippen molar-refractivity contribution in [1.29, 1.82) is 0 Å². The third-order valence-corrected chi connectivity index (χ3v) is 5.54. The van der Waals surface area contributed by atoms with Gasteiger partial charge in [0.1, 0.15) is 5.69 Å². The van der Waals surface area contributed by atoms with Crippen LogP contribution in [0.25, 0.3) is 0 Å². The summed E-state index contributed by atoms with van der Waals surface area (Å²) in [5.41, 5.74) is 2.20. The van der Waals surface area contributed by atoms with Gasteiger partial charge in [-0.25, -0.2) is 0 Å². The smallest absolute Gasteiger partial charge is 0.183 e. The quantitative estimate of drug-likeness (QED) is 0.898. The summed E-state index contributed by atoms with van der Waals surface area (Å²) >= 11 is 0. The van der Waals surface area contributed by atoms with Crippen LogP contribution in [-0.4, -0.2) is 28.7 Å². The lowest BCUT2D eigenvalue weighted by molar-refractivity contribution is 0.0830. The van der Waals surface area contributed by atoms with E-state index in [0.29, 0.717) is 6.42 Å². The van der Waals surface area contributed by atoms with Crippen LogP contribution in [0.15, 0.2) is 6.20 Å². The zero-order valence-corrected chi connectivity index (χ0v) is 12.0. The van der Waals surface area contributed by atoms with E-state index >= 15 is 0 Å². The Morgan fingerprint density at radius 3 is 2.80 bits per heavy atom. The van der Waals surface area contributed by atoms with Gasteiger partial charge in [0.2, 0.25) is 0 Å². The number of piperidine rings is 1. The molecule has 0 radical (unpaired) electrons. The number of Topliss-reactive ketones (excluding diaryl/α,β-unsaturated/α-hetero) is 1. The molecule has 2 heterocycles. The second-order valence-corrected chi connectivity index (χ2v) is 7.05. The summed E-state index contributed by atoms with van der Waals surface area (Å²) in [5, 5.41) is 7.99. The molecular weight excluding hydrogens is 250 g/mol. The van der Waals surface area contributed by atoms with Crippen molar-refractivity contribution in [2.45, 2.75) is 51.5 Å². The van der Waals surface area contributed by atoms with Crippen LogP contribution in [0, 0.1) is 11.3 Å². The van der Waals surface area contributed by atoms with Crippen molar-refractivity contribution >= 4 is 5.78 Å². The molecule has 20 heavy (non-hydrogen) atoms. The van der Waals surface area contributed by atoms with E-state index in [1.165, 1.54) is 24.8 Å². The van der Waals surface area contributed by atoms with Gasteiger partial charge in [-0.05, 0) is 56.5 Å². The first-order valence-electron chi connectivity index (χ1n) is 8.04. The minimum Gasteiger partial charge on any atom is -0.317 e. The first-order chi connectivity index (χ1) is 9.74. The molecule has 1 aromatic rings. The molecule has 1 spiro atoms. The maximum atomic E-state index is 12.4. The third kappa shape index (κ3) is 2.10. The summed E-state index contributed by atoms with van der Waals surface area (Å²) < 4.78 is 2.05. The van der Waals surface area contributed by atoms with E-state index in [2.05, 4.69) is 16.6 Å². The van der Waals surface area contributed by atoms with Gasteiger partial charge >= 0.3 is 0 Å². The molecule has 1 aliphatic heterocycles. The fraction of sp³-hybridized carbons (Fsp3) is 0.750. The van der Waals surface area contributed by atoms with E-state index < -0.39 is 0 Å². The molecule has 2 aliphatic carbocycles. The highest BCUT2D eigenvalue weighted by atomic mass is 16.1. The van der Waals surface area contributed by atoms with Gasteiger partial charge in [0.25, 0.3) is 0 Å².